The topological polar surface area (TPSA) is 58.6 Å². The number of hydrogen-bond donors (Lipinski definition) is 0. The number of likely N-dealkylation sites (tertiary alicyclic amines) is 1. The SMILES string of the molecule is COCc1cc(N2CCC3(CCCN(Cc4ccccc4F)C3=O)C2)ncn1. The minimum Gasteiger partial charge on any atom is -0.378 e. The Balaban J connectivity index is 1.50. The predicted octanol–water partition coefficient (Wildman–Crippen LogP) is 2.78. The van der Waals surface area contributed by atoms with Gasteiger partial charge in [0.2, 0.25) is 5.91 Å². The summed E-state index contributed by atoms with van der Waals surface area (Å²) in [6.45, 7) is 2.87. The van der Waals surface area contributed by atoms with Gasteiger partial charge in [-0.2, -0.15) is 0 Å². The summed E-state index contributed by atoms with van der Waals surface area (Å²) in [5.41, 5.74) is 0.989. The number of anilines is 1. The highest BCUT2D eigenvalue weighted by Gasteiger charge is 2.48. The van der Waals surface area contributed by atoms with Gasteiger partial charge in [0, 0.05) is 44.9 Å². The van der Waals surface area contributed by atoms with E-state index in [4.69, 9.17) is 4.74 Å². The number of ether oxygens (including phenoxy) is 1. The van der Waals surface area contributed by atoms with Crippen LogP contribution in [0.2, 0.25) is 0 Å². The molecular weight excluding hydrogens is 359 g/mol. The van der Waals surface area contributed by atoms with E-state index in [1.807, 2.05) is 17.0 Å². The van der Waals surface area contributed by atoms with E-state index in [-0.39, 0.29) is 11.7 Å². The fraction of sp³-hybridized carbons (Fsp3) is 0.476. The van der Waals surface area contributed by atoms with Crippen molar-refractivity contribution in [1.82, 2.24) is 14.9 Å². The van der Waals surface area contributed by atoms with Crippen LogP contribution in [0.5, 0.6) is 0 Å². The number of halogens is 1. The van der Waals surface area contributed by atoms with Crippen molar-refractivity contribution in [3.05, 3.63) is 53.7 Å². The van der Waals surface area contributed by atoms with Crippen LogP contribution >= 0.6 is 0 Å². The summed E-state index contributed by atoms with van der Waals surface area (Å²) < 4.78 is 19.2. The first-order chi connectivity index (χ1) is 13.6. The summed E-state index contributed by atoms with van der Waals surface area (Å²) in [6.07, 6.45) is 4.14. The van der Waals surface area contributed by atoms with Crippen LogP contribution in [0.25, 0.3) is 0 Å². The number of carbonyl (C=O) groups is 1. The fourth-order valence-electron chi connectivity index (χ4n) is 4.37. The maximum Gasteiger partial charge on any atom is 0.230 e. The number of rotatable bonds is 5. The van der Waals surface area contributed by atoms with Gasteiger partial charge in [0.25, 0.3) is 0 Å². The van der Waals surface area contributed by atoms with Gasteiger partial charge in [0.1, 0.15) is 18.0 Å². The summed E-state index contributed by atoms with van der Waals surface area (Å²) in [5.74, 6) is 0.711. The summed E-state index contributed by atoms with van der Waals surface area (Å²) in [4.78, 5) is 25.9. The normalized spacial score (nSPS) is 22.3. The van der Waals surface area contributed by atoms with Crippen LogP contribution in [-0.2, 0) is 22.7 Å². The van der Waals surface area contributed by atoms with Gasteiger partial charge in [-0.05, 0) is 25.3 Å². The zero-order chi connectivity index (χ0) is 19.6. The number of piperidine rings is 1. The highest BCUT2D eigenvalue weighted by Crippen LogP contribution is 2.41. The largest absolute Gasteiger partial charge is 0.378 e. The standard InChI is InChI=1S/C21H25FN4O2/c1-28-13-17-11-19(24-15-23-17)26-10-8-21(14-26)7-4-9-25(20(21)27)12-16-5-2-3-6-18(16)22/h2-3,5-6,11,15H,4,7-10,12-14H2,1H3. The maximum atomic E-state index is 14.1. The number of nitrogens with zero attached hydrogens (tertiary/aromatic N) is 4. The van der Waals surface area contributed by atoms with Gasteiger partial charge in [0.15, 0.2) is 0 Å². The number of methoxy groups -OCH3 is 1. The number of benzene rings is 1. The van der Waals surface area contributed by atoms with Crippen molar-refractivity contribution in [2.24, 2.45) is 5.41 Å². The first-order valence-corrected chi connectivity index (χ1v) is 9.69. The van der Waals surface area contributed by atoms with Crippen LogP contribution in [0.1, 0.15) is 30.5 Å². The van der Waals surface area contributed by atoms with Gasteiger partial charge in [-0.25, -0.2) is 14.4 Å². The summed E-state index contributed by atoms with van der Waals surface area (Å²) >= 11 is 0. The first-order valence-electron chi connectivity index (χ1n) is 9.69. The zero-order valence-corrected chi connectivity index (χ0v) is 16.1. The molecule has 6 nitrogen and oxygen atoms in total. The van der Waals surface area contributed by atoms with E-state index in [1.165, 1.54) is 6.07 Å². The molecule has 0 aliphatic carbocycles. The Labute approximate surface area is 164 Å². The Hall–Kier alpha value is -2.54. The Kier molecular flexibility index (Phi) is 5.26. The average molecular weight is 384 g/mol. The van der Waals surface area contributed by atoms with E-state index in [1.54, 1.807) is 25.6 Å². The van der Waals surface area contributed by atoms with Crippen molar-refractivity contribution < 1.29 is 13.9 Å². The van der Waals surface area contributed by atoms with Crippen molar-refractivity contribution in [2.75, 3.05) is 31.6 Å². The van der Waals surface area contributed by atoms with Crippen molar-refractivity contribution in [3.8, 4) is 0 Å². The molecule has 1 atom stereocenters. The molecule has 1 aromatic heterocycles. The molecule has 1 spiro atoms. The minimum atomic E-state index is -0.407. The molecule has 28 heavy (non-hydrogen) atoms. The quantitative estimate of drug-likeness (QED) is 0.793. The Morgan fingerprint density at radius 1 is 1.21 bits per heavy atom. The number of amides is 1. The molecule has 0 N–H and O–H groups in total. The number of carbonyl (C=O) groups excluding carboxylic acids is 1. The van der Waals surface area contributed by atoms with Crippen molar-refractivity contribution >= 4 is 11.7 Å². The van der Waals surface area contributed by atoms with Crippen LogP contribution in [0, 0.1) is 11.2 Å². The molecule has 1 amide bonds. The Morgan fingerprint density at radius 3 is 2.89 bits per heavy atom. The third-order valence-corrected chi connectivity index (χ3v) is 5.82. The van der Waals surface area contributed by atoms with Gasteiger partial charge < -0.3 is 14.5 Å². The Bertz CT molecular complexity index is 862. The van der Waals surface area contributed by atoms with Gasteiger partial charge in [-0.1, -0.05) is 18.2 Å². The second-order valence-corrected chi connectivity index (χ2v) is 7.67. The maximum absolute atomic E-state index is 14.1. The molecule has 2 fully saturated rings. The Morgan fingerprint density at radius 2 is 2.07 bits per heavy atom. The van der Waals surface area contributed by atoms with Gasteiger partial charge in [0.05, 0.1) is 17.7 Å². The monoisotopic (exact) mass is 384 g/mol. The molecular formula is C21H25FN4O2. The van der Waals surface area contributed by atoms with Crippen LogP contribution in [0.4, 0.5) is 10.2 Å². The van der Waals surface area contributed by atoms with Crippen molar-refractivity contribution in [2.45, 2.75) is 32.4 Å². The first kappa shape index (κ1) is 18.8. The minimum absolute atomic E-state index is 0.135. The molecule has 1 unspecified atom stereocenters. The lowest BCUT2D eigenvalue weighted by molar-refractivity contribution is -0.145. The molecule has 1 aromatic carbocycles. The van der Waals surface area contributed by atoms with Crippen LogP contribution in [-0.4, -0.2) is 47.5 Å². The summed E-state index contributed by atoms with van der Waals surface area (Å²) in [6, 6.07) is 8.61. The second-order valence-electron chi connectivity index (χ2n) is 7.67. The van der Waals surface area contributed by atoms with Gasteiger partial charge in [-0.15, -0.1) is 0 Å². The van der Waals surface area contributed by atoms with Crippen molar-refractivity contribution in [3.63, 3.8) is 0 Å². The molecule has 2 aliphatic rings. The smallest absolute Gasteiger partial charge is 0.230 e. The molecule has 0 saturated carbocycles. The van der Waals surface area contributed by atoms with Gasteiger partial charge >= 0.3 is 0 Å². The molecule has 4 rings (SSSR count). The van der Waals surface area contributed by atoms with E-state index in [0.29, 0.717) is 31.8 Å². The fourth-order valence-corrected chi connectivity index (χ4v) is 4.37. The lowest BCUT2D eigenvalue weighted by atomic mass is 9.78. The molecule has 7 heteroatoms. The molecule has 2 aromatic rings. The predicted molar refractivity (Wildman–Crippen MR) is 103 cm³/mol. The molecule has 0 radical (unpaired) electrons. The number of hydrogen-bond acceptors (Lipinski definition) is 5. The van der Waals surface area contributed by atoms with E-state index >= 15 is 0 Å². The molecule has 0 bridgehead atoms. The van der Waals surface area contributed by atoms with Crippen LogP contribution in [0.15, 0.2) is 36.7 Å². The van der Waals surface area contributed by atoms with E-state index in [2.05, 4.69) is 14.9 Å². The highest BCUT2D eigenvalue weighted by atomic mass is 19.1. The van der Waals surface area contributed by atoms with Crippen molar-refractivity contribution in [1.29, 1.82) is 0 Å². The third kappa shape index (κ3) is 3.58. The van der Waals surface area contributed by atoms with Crippen LogP contribution in [0.3, 0.4) is 0 Å². The average Bonchev–Trinajstić information content (AvgIpc) is 3.13. The van der Waals surface area contributed by atoms with E-state index in [0.717, 1.165) is 37.3 Å². The van der Waals surface area contributed by atoms with Crippen LogP contribution < -0.4 is 4.90 Å². The lowest BCUT2D eigenvalue weighted by Gasteiger charge is -2.39. The molecule has 2 saturated heterocycles. The number of aromatic nitrogens is 2. The molecule has 3 heterocycles. The molecule has 148 valence electrons. The molecule has 2 aliphatic heterocycles. The van der Waals surface area contributed by atoms with E-state index in [9.17, 15) is 9.18 Å². The highest BCUT2D eigenvalue weighted by molar-refractivity contribution is 5.85. The van der Waals surface area contributed by atoms with E-state index < -0.39 is 5.41 Å². The zero-order valence-electron chi connectivity index (χ0n) is 16.1. The second kappa shape index (κ2) is 7.83. The van der Waals surface area contributed by atoms with Gasteiger partial charge in [-0.3, -0.25) is 4.79 Å². The summed E-state index contributed by atoms with van der Waals surface area (Å²) in [7, 11) is 1.64. The summed E-state index contributed by atoms with van der Waals surface area (Å²) in [5, 5.41) is 0. The third-order valence-electron chi connectivity index (χ3n) is 5.82. The lowest BCUT2D eigenvalue weighted by Crippen LogP contribution is -2.49.